The number of hydrogen-bond donors (Lipinski definition) is 3. The standard InChI is InChI=1S/C18H27N3O3S/c1-4-5-6-7-16(22)19-18(25)21-20-17(23)12-24-15-10-8-14(9-11-15)13(2)3/h8-11,13H,4-7,12H2,1-3H3,(H,20,23)(H2,19,21,22,25). The van der Waals surface area contributed by atoms with E-state index in [4.69, 9.17) is 17.0 Å². The highest BCUT2D eigenvalue weighted by atomic mass is 32.1. The molecule has 0 aliphatic rings. The molecule has 0 aliphatic heterocycles. The first kappa shape index (κ1) is 20.9. The van der Waals surface area contributed by atoms with Crippen LogP contribution < -0.4 is 20.9 Å². The summed E-state index contributed by atoms with van der Waals surface area (Å²) in [5, 5.41) is 2.58. The lowest BCUT2D eigenvalue weighted by atomic mass is 10.0. The van der Waals surface area contributed by atoms with Crippen LogP contribution in [-0.4, -0.2) is 23.5 Å². The topological polar surface area (TPSA) is 79.5 Å². The number of amides is 2. The third-order valence-electron chi connectivity index (χ3n) is 3.49. The van der Waals surface area contributed by atoms with Crippen LogP contribution in [0, 0.1) is 0 Å². The number of hydrazine groups is 1. The molecule has 0 heterocycles. The van der Waals surface area contributed by atoms with Crippen molar-refractivity contribution in [3.8, 4) is 5.75 Å². The number of unbranched alkanes of at least 4 members (excludes halogenated alkanes) is 2. The average Bonchev–Trinajstić information content (AvgIpc) is 2.58. The minimum atomic E-state index is -0.393. The van der Waals surface area contributed by atoms with E-state index in [0.717, 1.165) is 19.3 Å². The van der Waals surface area contributed by atoms with Gasteiger partial charge in [-0.2, -0.15) is 0 Å². The Morgan fingerprint density at radius 3 is 2.36 bits per heavy atom. The van der Waals surface area contributed by atoms with Crippen molar-refractivity contribution in [2.45, 2.75) is 52.4 Å². The largest absolute Gasteiger partial charge is 0.484 e. The molecule has 0 fully saturated rings. The number of benzene rings is 1. The maximum absolute atomic E-state index is 11.7. The van der Waals surface area contributed by atoms with E-state index in [2.05, 4.69) is 36.9 Å². The number of hydrogen-bond acceptors (Lipinski definition) is 4. The van der Waals surface area contributed by atoms with Gasteiger partial charge in [0.15, 0.2) is 11.7 Å². The summed E-state index contributed by atoms with van der Waals surface area (Å²) in [5.74, 6) is 0.503. The van der Waals surface area contributed by atoms with Crippen molar-refractivity contribution in [1.29, 1.82) is 0 Å². The Morgan fingerprint density at radius 2 is 1.76 bits per heavy atom. The maximum Gasteiger partial charge on any atom is 0.276 e. The van der Waals surface area contributed by atoms with Crippen LogP contribution in [0.1, 0.15) is 57.9 Å². The van der Waals surface area contributed by atoms with E-state index in [9.17, 15) is 9.59 Å². The molecule has 25 heavy (non-hydrogen) atoms. The van der Waals surface area contributed by atoms with Crippen molar-refractivity contribution in [2.24, 2.45) is 0 Å². The lowest BCUT2D eigenvalue weighted by Gasteiger charge is -2.12. The van der Waals surface area contributed by atoms with Gasteiger partial charge in [-0.25, -0.2) is 0 Å². The van der Waals surface area contributed by atoms with Crippen LogP contribution in [-0.2, 0) is 9.59 Å². The van der Waals surface area contributed by atoms with Gasteiger partial charge in [-0.3, -0.25) is 20.4 Å². The van der Waals surface area contributed by atoms with Gasteiger partial charge in [0, 0.05) is 6.42 Å². The molecule has 3 N–H and O–H groups in total. The molecule has 0 spiro atoms. The SMILES string of the molecule is CCCCCC(=O)NC(=S)NNC(=O)COc1ccc(C(C)C)cc1. The van der Waals surface area contributed by atoms with E-state index in [1.54, 1.807) is 0 Å². The first-order valence-electron chi connectivity index (χ1n) is 8.53. The van der Waals surface area contributed by atoms with E-state index in [1.807, 2.05) is 24.3 Å². The molecule has 138 valence electrons. The van der Waals surface area contributed by atoms with Crippen molar-refractivity contribution in [1.82, 2.24) is 16.2 Å². The van der Waals surface area contributed by atoms with Crippen LogP contribution >= 0.6 is 12.2 Å². The van der Waals surface area contributed by atoms with Crippen LogP contribution in [0.15, 0.2) is 24.3 Å². The molecule has 0 aromatic heterocycles. The van der Waals surface area contributed by atoms with E-state index in [0.29, 0.717) is 18.1 Å². The Bertz CT molecular complexity index is 573. The van der Waals surface area contributed by atoms with E-state index in [1.165, 1.54) is 5.56 Å². The summed E-state index contributed by atoms with van der Waals surface area (Å²) >= 11 is 4.95. The van der Waals surface area contributed by atoms with Crippen LogP contribution in [0.25, 0.3) is 0 Å². The van der Waals surface area contributed by atoms with Gasteiger partial charge in [0.25, 0.3) is 5.91 Å². The predicted octanol–water partition coefficient (Wildman–Crippen LogP) is 2.79. The monoisotopic (exact) mass is 365 g/mol. The Labute approximate surface area is 154 Å². The van der Waals surface area contributed by atoms with Crippen LogP contribution in [0.2, 0.25) is 0 Å². The first-order chi connectivity index (χ1) is 11.9. The summed E-state index contributed by atoms with van der Waals surface area (Å²) in [6.07, 6.45) is 3.28. The lowest BCUT2D eigenvalue weighted by Crippen LogP contribution is -2.49. The highest BCUT2D eigenvalue weighted by molar-refractivity contribution is 7.80. The molecule has 0 aliphatic carbocycles. The second-order valence-corrected chi connectivity index (χ2v) is 6.43. The molecule has 0 saturated carbocycles. The molecule has 0 unspecified atom stereocenters. The fraction of sp³-hybridized carbons (Fsp3) is 0.500. The van der Waals surface area contributed by atoms with Crippen molar-refractivity contribution in [3.63, 3.8) is 0 Å². The zero-order chi connectivity index (χ0) is 18.7. The Kier molecular flexibility index (Phi) is 9.54. The molecule has 0 radical (unpaired) electrons. The number of carbonyl (C=O) groups is 2. The quantitative estimate of drug-likeness (QED) is 0.375. The highest BCUT2D eigenvalue weighted by Crippen LogP contribution is 2.18. The molecular weight excluding hydrogens is 338 g/mol. The summed E-state index contributed by atoms with van der Waals surface area (Å²) in [6, 6.07) is 7.60. The smallest absolute Gasteiger partial charge is 0.276 e. The van der Waals surface area contributed by atoms with Gasteiger partial charge in [0.1, 0.15) is 5.75 Å². The third kappa shape index (κ3) is 9.05. The Hall–Kier alpha value is -2.15. The molecule has 1 aromatic rings. The van der Waals surface area contributed by atoms with Crippen molar-refractivity contribution >= 4 is 29.1 Å². The minimum Gasteiger partial charge on any atom is -0.484 e. The third-order valence-corrected chi connectivity index (χ3v) is 3.70. The zero-order valence-corrected chi connectivity index (χ0v) is 15.9. The molecule has 7 heteroatoms. The number of ether oxygens (including phenoxy) is 1. The summed E-state index contributed by atoms with van der Waals surface area (Å²) in [4.78, 5) is 23.3. The average molecular weight is 365 g/mol. The van der Waals surface area contributed by atoms with E-state index in [-0.39, 0.29) is 17.6 Å². The van der Waals surface area contributed by atoms with Crippen LogP contribution in [0.4, 0.5) is 0 Å². The lowest BCUT2D eigenvalue weighted by molar-refractivity contribution is -0.124. The number of carbonyl (C=O) groups excluding carboxylic acids is 2. The first-order valence-corrected chi connectivity index (χ1v) is 8.94. The van der Waals surface area contributed by atoms with Gasteiger partial charge in [0.2, 0.25) is 5.91 Å². The summed E-state index contributed by atoms with van der Waals surface area (Å²) < 4.78 is 5.40. The Morgan fingerprint density at radius 1 is 1.08 bits per heavy atom. The molecule has 2 amide bonds. The summed E-state index contributed by atoms with van der Waals surface area (Å²) in [6.45, 7) is 6.14. The van der Waals surface area contributed by atoms with E-state index >= 15 is 0 Å². The fourth-order valence-corrected chi connectivity index (χ4v) is 2.18. The molecule has 1 aromatic carbocycles. The normalized spacial score (nSPS) is 10.2. The predicted molar refractivity (Wildman–Crippen MR) is 102 cm³/mol. The van der Waals surface area contributed by atoms with Gasteiger partial charge in [-0.05, 0) is 42.3 Å². The van der Waals surface area contributed by atoms with Crippen molar-refractivity contribution in [2.75, 3.05) is 6.61 Å². The molecule has 0 atom stereocenters. The van der Waals surface area contributed by atoms with Gasteiger partial charge >= 0.3 is 0 Å². The van der Waals surface area contributed by atoms with E-state index < -0.39 is 5.91 Å². The highest BCUT2D eigenvalue weighted by Gasteiger charge is 2.07. The van der Waals surface area contributed by atoms with Crippen LogP contribution in [0.3, 0.4) is 0 Å². The molecule has 1 rings (SSSR count). The second kappa shape index (κ2) is 11.4. The maximum atomic E-state index is 11.7. The fourth-order valence-electron chi connectivity index (χ4n) is 2.02. The second-order valence-electron chi connectivity index (χ2n) is 6.02. The van der Waals surface area contributed by atoms with Crippen molar-refractivity contribution < 1.29 is 14.3 Å². The van der Waals surface area contributed by atoms with Gasteiger partial charge in [0.05, 0.1) is 0 Å². The van der Waals surface area contributed by atoms with Gasteiger partial charge in [-0.1, -0.05) is 45.7 Å². The molecule has 0 bridgehead atoms. The molecule has 6 nitrogen and oxygen atoms in total. The zero-order valence-electron chi connectivity index (χ0n) is 15.1. The van der Waals surface area contributed by atoms with Crippen LogP contribution in [0.5, 0.6) is 5.75 Å². The van der Waals surface area contributed by atoms with Gasteiger partial charge < -0.3 is 10.1 Å². The number of rotatable bonds is 8. The molecule has 0 saturated heterocycles. The number of nitrogens with one attached hydrogen (secondary N) is 3. The van der Waals surface area contributed by atoms with Crippen molar-refractivity contribution in [3.05, 3.63) is 29.8 Å². The molecular formula is C18H27N3O3S. The summed E-state index contributed by atoms with van der Waals surface area (Å²) in [5.41, 5.74) is 6.08. The Balaban J connectivity index is 2.23. The number of thiocarbonyl (C=S) groups is 1. The summed E-state index contributed by atoms with van der Waals surface area (Å²) in [7, 11) is 0. The minimum absolute atomic E-state index is 0.0659. The van der Waals surface area contributed by atoms with Gasteiger partial charge in [-0.15, -0.1) is 0 Å².